The third-order valence-electron chi connectivity index (χ3n) is 5.20. The maximum atomic E-state index is 12.9. The van der Waals surface area contributed by atoms with Gasteiger partial charge in [-0.1, -0.05) is 13.8 Å². The zero-order valence-corrected chi connectivity index (χ0v) is 18.9. The van der Waals surface area contributed by atoms with E-state index in [1.165, 1.54) is 9.21 Å². The lowest BCUT2D eigenvalue weighted by molar-refractivity contribution is -0.906. The number of rotatable bonds is 8. The molecule has 0 radical (unpaired) electrons. The van der Waals surface area contributed by atoms with Gasteiger partial charge in [-0.15, -0.1) is 0 Å². The van der Waals surface area contributed by atoms with E-state index < -0.39 is 10.0 Å². The number of morpholine rings is 1. The zero-order chi connectivity index (χ0) is 20.7. The molecule has 3 N–H and O–H groups in total. The molecular formula is C19H33N4O3S2+. The molecule has 1 aromatic carbocycles. The van der Waals surface area contributed by atoms with E-state index in [-0.39, 0.29) is 0 Å². The molecule has 28 heavy (non-hydrogen) atoms. The lowest BCUT2D eigenvalue weighted by Crippen LogP contribution is -3.14. The van der Waals surface area contributed by atoms with Crippen LogP contribution < -0.4 is 15.5 Å². The van der Waals surface area contributed by atoms with E-state index in [1.807, 2.05) is 27.7 Å². The summed E-state index contributed by atoms with van der Waals surface area (Å²) in [4.78, 5) is 1.79. The molecule has 0 saturated carbocycles. The molecule has 1 aromatic rings. The second-order valence-corrected chi connectivity index (χ2v) is 9.34. The summed E-state index contributed by atoms with van der Waals surface area (Å²) >= 11 is 5.42. The summed E-state index contributed by atoms with van der Waals surface area (Å²) in [5.41, 5.74) is 2.62. The predicted molar refractivity (Wildman–Crippen MR) is 117 cm³/mol. The van der Waals surface area contributed by atoms with Crippen LogP contribution in [0.25, 0.3) is 0 Å². The highest BCUT2D eigenvalue weighted by Gasteiger charge is 2.23. The van der Waals surface area contributed by atoms with E-state index in [0.717, 1.165) is 56.2 Å². The summed E-state index contributed by atoms with van der Waals surface area (Å²) in [6.45, 7) is 13.8. The number of benzene rings is 1. The van der Waals surface area contributed by atoms with Gasteiger partial charge in [0.2, 0.25) is 10.0 Å². The fraction of sp³-hybridized carbons (Fsp3) is 0.632. The van der Waals surface area contributed by atoms with Crippen molar-refractivity contribution in [2.75, 3.05) is 57.8 Å². The van der Waals surface area contributed by atoms with E-state index in [1.54, 1.807) is 12.1 Å². The topological polar surface area (TPSA) is 75.1 Å². The summed E-state index contributed by atoms with van der Waals surface area (Å²) in [7, 11) is -3.52. The van der Waals surface area contributed by atoms with Crippen molar-refractivity contribution in [3.63, 3.8) is 0 Å². The van der Waals surface area contributed by atoms with Crippen LogP contribution in [0.15, 0.2) is 17.0 Å². The number of hydrogen-bond acceptors (Lipinski definition) is 4. The van der Waals surface area contributed by atoms with Crippen LogP contribution in [0.5, 0.6) is 0 Å². The van der Waals surface area contributed by atoms with Gasteiger partial charge in [0.25, 0.3) is 0 Å². The van der Waals surface area contributed by atoms with Crippen LogP contribution in [-0.4, -0.2) is 70.3 Å². The lowest BCUT2D eigenvalue weighted by atomic mass is 10.1. The van der Waals surface area contributed by atoms with Gasteiger partial charge in [-0.05, 0) is 49.3 Å². The van der Waals surface area contributed by atoms with Gasteiger partial charge in [-0.2, -0.15) is 4.31 Å². The molecule has 1 saturated heterocycles. The highest BCUT2D eigenvalue weighted by Crippen LogP contribution is 2.26. The summed E-state index contributed by atoms with van der Waals surface area (Å²) in [6, 6.07) is 3.41. The first kappa shape index (κ1) is 23.0. The van der Waals surface area contributed by atoms with Crippen molar-refractivity contribution in [1.82, 2.24) is 9.62 Å². The number of sulfonamides is 1. The average Bonchev–Trinajstić information content (AvgIpc) is 2.66. The number of anilines is 1. The standard InChI is InChI=1S/C19H32N4O3S2/c1-5-23(6-2)28(24,25)17-13-15(3)16(4)18(14-17)21-19(27)20-7-8-22-9-11-26-12-10-22/h13-14H,5-12H2,1-4H3,(H2,20,21,27)/p+1. The van der Waals surface area contributed by atoms with Crippen molar-refractivity contribution >= 4 is 33.0 Å². The molecule has 0 aromatic heterocycles. The third kappa shape index (κ3) is 5.87. The molecule has 0 amide bonds. The van der Waals surface area contributed by atoms with Gasteiger partial charge in [0.15, 0.2) is 5.11 Å². The number of hydrogen-bond donors (Lipinski definition) is 3. The van der Waals surface area contributed by atoms with E-state index in [2.05, 4.69) is 10.6 Å². The van der Waals surface area contributed by atoms with Crippen LogP contribution in [0.1, 0.15) is 25.0 Å². The molecule has 7 nitrogen and oxygen atoms in total. The monoisotopic (exact) mass is 429 g/mol. The minimum atomic E-state index is -3.52. The van der Waals surface area contributed by atoms with Crippen molar-refractivity contribution in [2.45, 2.75) is 32.6 Å². The van der Waals surface area contributed by atoms with Crippen LogP contribution in [0.2, 0.25) is 0 Å². The zero-order valence-electron chi connectivity index (χ0n) is 17.3. The number of nitrogens with zero attached hydrogens (tertiary/aromatic N) is 1. The largest absolute Gasteiger partial charge is 0.370 e. The van der Waals surface area contributed by atoms with Crippen molar-refractivity contribution in [3.8, 4) is 0 Å². The fourth-order valence-corrected chi connectivity index (χ4v) is 5.03. The molecule has 9 heteroatoms. The van der Waals surface area contributed by atoms with Crippen LogP contribution in [0.4, 0.5) is 5.69 Å². The number of ether oxygens (including phenoxy) is 1. The Balaban J connectivity index is 2.06. The highest BCUT2D eigenvalue weighted by molar-refractivity contribution is 7.89. The molecule has 1 heterocycles. The summed E-state index contributed by atoms with van der Waals surface area (Å²) in [5, 5.41) is 6.91. The van der Waals surface area contributed by atoms with Gasteiger partial charge >= 0.3 is 0 Å². The molecule has 1 aliphatic heterocycles. The SMILES string of the molecule is CCN(CC)S(=O)(=O)c1cc(C)c(C)c(NC(=S)NCC[NH+]2CCOCC2)c1. The summed E-state index contributed by atoms with van der Waals surface area (Å²) in [5.74, 6) is 0. The molecule has 0 bridgehead atoms. The van der Waals surface area contributed by atoms with Crippen LogP contribution in [-0.2, 0) is 14.8 Å². The molecule has 0 spiro atoms. The molecular weight excluding hydrogens is 396 g/mol. The van der Waals surface area contributed by atoms with Crippen molar-refractivity contribution in [1.29, 1.82) is 0 Å². The molecule has 0 aliphatic carbocycles. The Kier molecular flexibility index (Phi) is 8.63. The van der Waals surface area contributed by atoms with Gasteiger partial charge in [0.05, 0.1) is 31.2 Å². The Morgan fingerprint density at radius 2 is 1.86 bits per heavy atom. The van der Waals surface area contributed by atoms with Crippen LogP contribution in [0, 0.1) is 13.8 Å². The molecule has 0 unspecified atom stereocenters. The maximum absolute atomic E-state index is 12.9. The van der Waals surface area contributed by atoms with Crippen LogP contribution >= 0.6 is 12.2 Å². The fourth-order valence-electron chi connectivity index (χ4n) is 3.25. The predicted octanol–water partition coefficient (Wildman–Crippen LogP) is 0.535. The first-order valence-electron chi connectivity index (χ1n) is 9.87. The minimum Gasteiger partial charge on any atom is -0.370 e. The average molecular weight is 430 g/mol. The van der Waals surface area contributed by atoms with Gasteiger partial charge in [-0.3, -0.25) is 0 Å². The Morgan fingerprint density at radius 3 is 2.46 bits per heavy atom. The summed E-state index contributed by atoms with van der Waals surface area (Å²) < 4.78 is 32.6. The van der Waals surface area contributed by atoms with Gasteiger partial charge in [0.1, 0.15) is 13.1 Å². The van der Waals surface area contributed by atoms with Gasteiger partial charge < -0.3 is 20.3 Å². The minimum absolute atomic E-state index is 0.294. The first-order chi connectivity index (χ1) is 13.3. The number of quaternary nitrogens is 1. The Bertz CT molecular complexity index is 774. The normalized spacial score (nSPS) is 15.6. The number of nitrogens with one attached hydrogen (secondary N) is 3. The van der Waals surface area contributed by atoms with E-state index in [0.29, 0.717) is 23.1 Å². The van der Waals surface area contributed by atoms with Crippen molar-refractivity contribution < 1.29 is 18.1 Å². The molecule has 2 rings (SSSR count). The second kappa shape index (κ2) is 10.5. The molecule has 158 valence electrons. The number of aryl methyl sites for hydroxylation is 1. The summed E-state index contributed by atoms with van der Waals surface area (Å²) in [6.07, 6.45) is 0. The van der Waals surface area contributed by atoms with Crippen molar-refractivity contribution in [2.24, 2.45) is 0 Å². The van der Waals surface area contributed by atoms with E-state index >= 15 is 0 Å². The van der Waals surface area contributed by atoms with Crippen LogP contribution in [0.3, 0.4) is 0 Å². The molecule has 0 atom stereocenters. The molecule has 1 aliphatic rings. The Labute approximate surface area is 174 Å². The van der Waals surface area contributed by atoms with Gasteiger partial charge in [-0.25, -0.2) is 8.42 Å². The Morgan fingerprint density at radius 1 is 1.21 bits per heavy atom. The second-order valence-electron chi connectivity index (χ2n) is 7.00. The smallest absolute Gasteiger partial charge is 0.243 e. The number of thiocarbonyl (C=S) groups is 1. The van der Waals surface area contributed by atoms with E-state index in [9.17, 15) is 8.42 Å². The highest BCUT2D eigenvalue weighted by atomic mass is 32.2. The first-order valence-corrected chi connectivity index (χ1v) is 11.7. The van der Waals surface area contributed by atoms with Crippen molar-refractivity contribution in [3.05, 3.63) is 23.3 Å². The molecule has 1 fully saturated rings. The van der Waals surface area contributed by atoms with E-state index in [4.69, 9.17) is 17.0 Å². The quantitative estimate of drug-likeness (QED) is 0.524. The maximum Gasteiger partial charge on any atom is 0.243 e. The lowest BCUT2D eigenvalue weighted by Gasteiger charge is -2.24. The van der Waals surface area contributed by atoms with Gasteiger partial charge in [0, 0.05) is 18.8 Å². The third-order valence-corrected chi connectivity index (χ3v) is 7.47. The Hall–Kier alpha value is -1.26.